The van der Waals surface area contributed by atoms with Gasteiger partial charge in [-0.15, -0.1) is 11.8 Å². The number of thioether (sulfide) groups is 1. The zero-order valence-corrected chi connectivity index (χ0v) is 11.2. The number of hydrogen-bond donors (Lipinski definition) is 1. The summed E-state index contributed by atoms with van der Waals surface area (Å²) in [6.07, 6.45) is 5.47. The molecule has 0 saturated heterocycles. The third kappa shape index (κ3) is 3.39. The fourth-order valence-corrected chi connectivity index (χ4v) is 3.85. The summed E-state index contributed by atoms with van der Waals surface area (Å²) < 4.78 is 5.27. The van der Waals surface area contributed by atoms with Gasteiger partial charge in [-0.1, -0.05) is 25.0 Å². The van der Waals surface area contributed by atoms with Crippen molar-refractivity contribution in [3.8, 4) is 5.75 Å². The van der Waals surface area contributed by atoms with Gasteiger partial charge in [0.05, 0.1) is 7.11 Å². The second-order valence-electron chi connectivity index (χ2n) is 4.54. The lowest BCUT2D eigenvalue weighted by molar-refractivity contribution is 0.414. The van der Waals surface area contributed by atoms with E-state index in [-0.39, 0.29) is 0 Å². The lowest BCUT2D eigenvalue weighted by atomic mass is 10.1. The molecule has 0 spiro atoms. The van der Waals surface area contributed by atoms with Crippen molar-refractivity contribution in [3.05, 3.63) is 29.8 Å². The number of hydrogen-bond acceptors (Lipinski definition) is 3. The van der Waals surface area contributed by atoms with Crippen LogP contribution < -0.4 is 10.5 Å². The third-order valence-corrected chi connectivity index (χ3v) is 4.99. The van der Waals surface area contributed by atoms with Crippen molar-refractivity contribution < 1.29 is 4.74 Å². The van der Waals surface area contributed by atoms with E-state index in [1.165, 1.54) is 31.2 Å². The molecule has 1 unspecified atom stereocenters. The predicted molar refractivity (Wildman–Crippen MR) is 74.6 cm³/mol. The Morgan fingerprint density at radius 2 is 2.18 bits per heavy atom. The smallest absolute Gasteiger partial charge is 0.119 e. The first kappa shape index (κ1) is 12.8. The Balaban J connectivity index is 2.04. The standard InChI is InChI=1S/C14H21NOS/c1-16-12-6-4-5-11(9-12)14(10-15)17-13-7-2-3-8-13/h4-6,9,13-14H,2-3,7-8,10,15H2,1H3. The number of methoxy groups -OCH3 is 1. The van der Waals surface area contributed by atoms with Gasteiger partial charge in [0.15, 0.2) is 0 Å². The zero-order chi connectivity index (χ0) is 12.1. The van der Waals surface area contributed by atoms with Crippen LogP contribution in [0.1, 0.15) is 36.5 Å². The molecule has 1 aliphatic rings. The summed E-state index contributed by atoms with van der Waals surface area (Å²) in [5.41, 5.74) is 7.21. The van der Waals surface area contributed by atoms with Crippen LogP contribution in [0.4, 0.5) is 0 Å². The maximum atomic E-state index is 5.91. The van der Waals surface area contributed by atoms with Crippen LogP contribution in [0.3, 0.4) is 0 Å². The van der Waals surface area contributed by atoms with Crippen LogP contribution in [-0.2, 0) is 0 Å². The van der Waals surface area contributed by atoms with Crippen LogP contribution in [0.2, 0.25) is 0 Å². The minimum atomic E-state index is 0.410. The Morgan fingerprint density at radius 3 is 2.82 bits per heavy atom. The summed E-state index contributed by atoms with van der Waals surface area (Å²) in [6, 6.07) is 8.30. The first-order valence-electron chi connectivity index (χ1n) is 6.33. The molecule has 94 valence electrons. The molecule has 0 aliphatic heterocycles. The summed E-state index contributed by atoms with van der Waals surface area (Å²) >= 11 is 2.04. The van der Waals surface area contributed by atoms with Crippen LogP contribution in [0, 0.1) is 0 Å². The number of benzene rings is 1. The molecule has 0 radical (unpaired) electrons. The van der Waals surface area contributed by atoms with Gasteiger partial charge in [-0.3, -0.25) is 0 Å². The molecule has 0 amide bonds. The van der Waals surface area contributed by atoms with Gasteiger partial charge in [-0.05, 0) is 30.5 Å². The van der Waals surface area contributed by atoms with Gasteiger partial charge >= 0.3 is 0 Å². The molecule has 0 bridgehead atoms. The first-order valence-corrected chi connectivity index (χ1v) is 7.27. The highest BCUT2D eigenvalue weighted by Gasteiger charge is 2.21. The lowest BCUT2D eigenvalue weighted by Gasteiger charge is -2.19. The van der Waals surface area contributed by atoms with Crippen molar-refractivity contribution >= 4 is 11.8 Å². The SMILES string of the molecule is COc1cccc(C(CN)SC2CCCC2)c1. The molecule has 2 N–H and O–H groups in total. The van der Waals surface area contributed by atoms with Crippen LogP contribution in [0.15, 0.2) is 24.3 Å². The second-order valence-corrected chi connectivity index (χ2v) is 6.05. The lowest BCUT2D eigenvalue weighted by Crippen LogP contribution is -2.12. The largest absolute Gasteiger partial charge is 0.497 e. The van der Waals surface area contributed by atoms with Crippen LogP contribution in [0.5, 0.6) is 5.75 Å². The van der Waals surface area contributed by atoms with Crippen molar-refractivity contribution in [1.82, 2.24) is 0 Å². The summed E-state index contributed by atoms with van der Waals surface area (Å²) in [4.78, 5) is 0. The molecule has 2 nitrogen and oxygen atoms in total. The highest BCUT2D eigenvalue weighted by molar-refractivity contribution is 8.00. The van der Waals surface area contributed by atoms with Crippen molar-refractivity contribution in [1.29, 1.82) is 0 Å². The Kier molecular flexibility index (Phi) is 4.75. The molecular weight excluding hydrogens is 230 g/mol. The number of nitrogens with two attached hydrogens (primary N) is 1. The Morgan fingerprint density at radius 1 is 1.41 bits per heavy atom. The Bertz CT molecular complexity index is 350. The molecule has 1 aliphatic carbocycles. The van der Waals surface area contributed by atoms with Gasteiger partial charge < -0.3 is 10.5 Å². The Hall–Kier alpha value is -0.670. The summed E-state index contributed by atoms with van der Waals surface area (Å²) in [5, 5.41) is 1.21. The van der Waals surface area contributed by atoms with Gasteiger partial charge in [0.2, 0.25) is 0 Å². The highest BCUT2D eigenvalue weighted by Crippen LogP contribution is 2.39. The highest BCUT2D eigenvalue weighted by atomic mass is 32.2. The van der Waals surface area contributed by atoms with Gasteiger partial charge in [-0.25, -0.2) is 0 Å². The molecule has 1 saturated carbocycles. The molecule has 1 aromatic carbocycles. The third-order valence-electron chi connectivity index (χ3n) is 3.34. The monoisotopic (exact) mass is 251 g/mol. The van der Waals surface area contributed by atoms with E-state index in [9.17, 15) is 0 Å². The molecule has 0 heterocycles. The molecular formula is C14H21NOS. The maximum absolute atomic E-state index is 5.91. The summed E-state index contributed by atoms with van der Waals surface area (Å²) in [6.45, 7) is 0.703. The van der Waals surface area contributed by atoms with Crippen LogP contribution in [0.25, 0.3) is 0 Å². The van der Waals surface area contributed by atoms with E-state index in [4.69, 9.17) is 10.5 Å². The number of ether oxygens (including phenoxy) is 1. The molecule has 2 rings (SSSR count). The molecule has 1 aromatic rings. The average molecular weight is 251 g/mol. The van der Waals surface area contributed by atoms with Gasteiger partial charge in [0, 0.05) is 17.0 Å². The fourth-order valence-electron chi connectivity index (χ4n) is 2.37. The second kappa shape index (κ2) is 6.31. The topological polar surface area (TPSA) is 35.2 Å². The van der Waals surface area contributed by atoms with Crippen molar-refractivity contribution in [2.24, 2.45) is 5.73 Å². The average Bonchev–Trinajstić information content (AvgIpc) is 2.89. The van der Waals surface area contributed by atoms with Gasteiger partial charge in [0.25, 0.3) is 0 Å². The van der Waals surface area contributed by atoms with E-state index in [1.807, 2.05) is 23.9 Å². The van der Waals surface area contributed by atoms with E-state index in [0.717, 1.165) is 11.0 Å². The zero-order valence-electron chi connectivity index (χ0n) is 10.4. The van der Waals surface area contributed by atoms with Gasteiger partial charge in [-0.2, -0.15) is 0 Å². The van der Waals surface area contributed by atoms with Crippen molar-refractivity contribution in [2.75, 3.05) is 13.7 Å². The van der Waals surface area contributed by atoms with Crippen LogP contribution in [-0.4, -0.2) is 18.9 Å². The molecule has 17 heavy (non-hydrogen) atoms. The van der Waals surface area contributed by atoms with Gasteiger partial charge in [0.1, 0.15) is 5.75 Å². The molecule has 0 aromatic heterocycles. The van der Waals surface area contributed by atoms with E-state index >= 15 is 0 Å². The maximum Gasteiger partial charge on any atom is 0.119 e. The van der Waals surface area contributed by atoms with E-state index in [2.05, 4.69) is 12.1 Å². The minimum Gasteiger partial charge on any atom is -0.497 e. The summed E-state index contributed by atoms with van der Waals surface area (Å²) in [5.74, 6) is 0.924. The quantitative estimate of drug-likeness (QED) is 0.871. The molecule has 1 atom stereocenters. The summed E-state index contributed by atoms with van der Waals surface area (Å²) in [7, 11) is 1.71. The van der Waals surface area contributed by atoms with Crippen molar-refractivity contribution in [3.63, 3.8) is 0 Å². The predicted octanol–water partition coefficient (Wildman–Crippen LogP) is 3.37. The van der Waals surface area contributed by atoms with Crippen molar-refractivity contribution in [2.45, 2.75) is 36.2 Å². The normalized spacial score (nSPS) is 18.2. The number of rotatable bonds is 5. The molecule has 3 heteroatoms. The first-order chi connectivity index (χ1) is 8.33. The fraction of sp³-hybridized carbons (Fsp3) is 0.571. The molecule has 1 fully saturated rings. The van der Waals surface area contributed by atoms with Crippen LogP contribution >= 0.6 is 11.8 Å². The van der Waals surface area contributed by atoms with E-state index in [0.29, 0.717) is 11.8 Å². The Labute approximate surface area is 108 Å². The van der Waals surface area contributed by atoms with E-state index in [1.54, 1.807) is 7.11 Å². The van der Waals surface area contributed by atoms with E-state index < -0.39 is 0 Å². The minimum absolute atomic E-state index is 0.410.